The van der Waals surface area contributed by atoms with Crippen LogP contribution in [0.5, 0.6) is 0 Å². The Morgan fingerprint density at radius 1 is 1.13 bits per heavy atom. The van der Waals surface area contributed by atoms with Crippen LogP contribution >= 0.6 is 0 Å². The second-order valence-corrected chi connectivity index (χ2v) is 7.04. The number of esters is 1. The first-order chi connectivity index (χ1) is 10.9. The third kappa shape index (κ3) is 4.78. The quantitative estimate of drug-likeness (QED) is 0.553. The second-order valence-electron chi connectivity index (χ2n) is 7.04. The summed E-state index contributed by atoms with van der Waals surface area (Å²) in [7, 11) is 0. The third-order valence-electron chi connectivity index (χ3n) is 4.12. The van der Waals surface area contributed by atoms with Gasteiger partial charge >= 0.3 is 5.97 Å². The molecule has 1 aliphatic carbocycles. The molecular formula is C20H26O3. The van der Waals surface area contributed by atoms with Crippen molar-refractivity contribution in [2.24, 2.45) is 5.41 Å². The van der Waals surface area contributed by atoms with Crippen LogP contribution in [0.25, 0.3) is 5.57 Å². The van der Waals surface area contributed by atoms with Crippen LogP contribution in [-0.2, 0) is 14.3 Å². The predicted molar refractivity (Wildman–Crippen MR) is 91.6 cm³/mol. The summed E-state index contributed by atoms with van der Waals surface area (Å²) in [5, 5.41) is 0. The summed E-state index contributed by atoms with van der Waals surface area (Å²) in [4.78, 5) is 24.7. The maximum Gasteiger partial charge on any atom is 0.310 e. The zero-order valence-electron chi connectivity index (χ0n) is 14.4. The monoisotopic (exact) mass is 314 g/mol. The van der Waals surface area contributed by atoms with Crippen LogP contribution in [0.2, 0.25) is 0 Å². The van der Waals surface area contributed by atoms with Gasteiger partial charge in [0.05, 0.1) is 5.57 Å². The summed E-state index contributed by atoms with van der Waals surface area (Å²) in [6, 6.07) is 9.51. The van der Waals surface area contributed by atoms with Crippen LogP contribution in [0.15, 0.2) is 36.1 Å². The van der Waals surface area contributed by atoms with E-state index < -0.39 is 0 Å². The van der Waals surface area contributed by atoms with E-state index in [1.807, 2.05) is 44.2 Å². The van der Waals surface area contributed by atoms with Crippen molar-refractivity contribution < 1.29 is 14.3 Å². The number of carbonyl (C=O) groups excluding carboxylic acids is 2. The van der Waals surface area contributed by atoms with E-state index in [0.29, 0.717) is 30.6 Å². The van der Waals surface area contributed by atoms with E-state index in [-0.39, 0.29) is 17.2 Å². The number of allylic oxidation sites excluding steroid dienone is 2. The van der Waals surface area contributed by atoms with Gasteiger partial charge in [-0.2, -0.15) is 0 Å². The van der Waals surface area contributed by atoms with Crippen molar-refractivity contribution in [1.29, 1.82) is 0 Å². The Morgan fingerprint density at radius 2 is 1.83 bits per heavy atom. The molecule has 0 saturated carbocycles. The van der Waals surface area contributed by atoms with Gasteiger partial charge in [-0.25, -0.2) is 0 Å². The average molecular weight is 314 g/mol. The number of Topliss-reactive ketones (excluding diaryl/α,β-unsaturated/α-hetero) is 1. The number of benzene rings is 1. The van der Waals surface area contributed by atoms with Gasteiger partial charge in [0, 0.05) is 19.3 Å². The van der Waals surface area contributed by atoms with Gasteiger partial charge in [-0.05, 0) is 17.4 Å². The predicted octanol–water partition coefficient (Wildman–Crippen LogP) is 4.91. The smallest absolute Gasteiger partial charge is 0.310 e. The Hall–Kier alpha value is -1.90. The van der Waals surface area contributed by atoms with Crippen molar-refractivity contribution in [3.8, 4) is 0 Å². The number of carbonyl (C=O) groups is 2. The van der Waals surface area contributed by atoms with Crippen LogP contribution < -0.4 is 0 Å². The highest BCUT2D eigenvalue weighted by atomic mass is 16.5. The average Bonchev–Trinajstić information content (AvgIpc) is 2.47. The molecule has 0 atom stereocenters. The fourth-order valence-corrected chi connectivity index (χ4v) is 2.99. The maximum absolute atomic E-state index is 12.6. The molecule has 0 bridgehead atoms. The van der Waals surface area contributed by atoms with Gasteiger partial charge in [-0.15, -0.1) is 0 Å². The highest BCUT2D eigenvalue weighted by molar-refractivity contribution is 6.22. The van der Waals surface area contributed by atoms with Gasteiger partial charge < -0.3 is 4.74 Å². The van der Waals surface area contributed by atoms with Crippen molar-refractivity contribution in [2.75, 3.05) is 0 Å². The molecule has 23 heavy (non-hydrogen) atoms. The van der Waals surface area contributed by atoms with Crippen LogP contribution in [0.1, 0.15) is 64.9 Å². The van der Waals surface area contributed by atoms with E-state index in [1.165, 1.54) is 0 Å². The molecule has 0 aliphatic heterocycles. The molecule has 0 N–H and O–H groups in total. The van der Waals surface area contributed by atoms with Gasteiger partial charge in [-0.1, -0.05) is 63.9 Å². The topological polar surface area (TPSA) is 43.4 Å². The zero-order chi connectivity index (χ0) is 16.9. The number of ketones is 1. The van der Waals surface area contributed by atoms with Gasteiger partial charge in [-0.3, -0.25) is 9.59 Å². The third-order valence-corrected chi connectivity index (χ3v) is 4.12. The molecule has 3 heteroatoms. The highest BCUT2D eigenvalue weighted by Gasteiger charge is 2.35. The Kier molecular flexibility index (Phi) is 5.75. The van der Waals surface area contributed by atoms with Crippen LogP contribution in [0.4, 0.5) is 0 Å². The van der Waals surface area contributed by atoms with Crippen LogP contribution in [0, 0.1) is 5.41 Å². The summed E-state index contributed by atoms with van der Waals surface area (Å²) in [5.74, 6) is 0.370. The number of hydrogen-bond donors (Lipinski definition) is 0. The van der Waals surface area contributed by atoms with Crippen molar-refractivity contribution in [2.45, 2.75) is 59.3 Å². The lowest BCUT2D eigenvalue weighted by Gasteiger charge is -2.31. The molecule has 1 aromatic carbocycles. The van der Waals surface area contributed by atoms with Crippen molar-refractivity contribution in [3.05, 3.63) is 41.7 Å². The molecule has 0 heterocycles. The Bertz CT molecular complexity index is 597. The molecule has 0 aromatic heterocycles. The minimum Gasteiger partial charge on any atom is -0.430 e. The summed E-state index contributed by atoms with van der Waals surface area (Å²) < 4.78 is 5.63. The number of ether oxygens (including phenoxy) is 1. The fraction of sp³-hybridized carbons (Fsp3) is 0.500. The molecular weight excluding hydrogens is 288 g/mol. The summed E-state index contributed by atoms with van der Waals surface area (Å²) >= 11 is 0. The van der Waals surface area contributed by atoms with Crippen LogP contribution in [0.3, 0.4) is 0 Å². The van der Waals surface area contributed by atoms with E-state index in [9.17, 15) is 9.59 Å². The highest BCUT2D eigenvalue weighted by Crippen LogP contribution is 2.40. The van der Waals surface area contributed by atoms with Gasteiger partial charge in [0.15, 0.2) is 5.78 Å². The molecule has 124 valence electrons. The van der Waals surface area contributed by atoms with E-state index >= 15 is 0 Å². The van der Waals surface area contributed by atoms with Crippen LogP contribution in [-0.4, -0.2) is 11.8 Å². The normalized spacial score (nSPS) is 17.3. The molecule has 2 rings (SSSR count). The summed E-state index contributed by atoms with van der Waals surface area (Å²) in [5.41, 5.74) is 1.24. The second kappa shape index (κ2) is 7.58. The molecule has 0 radical (unpaired) electrons. The molecule has 1 aliphatic rings. The number of rotatable bonds is 6. The molecule has 0 amide bonds. The van der Waals surface area contributed by atoms with E-state index in [2.05, 4.69) is 6.92 Å². The number of hydrogen-bond acceptors (Lipinski definition) is 3. The fourth-order valence-electron chi connectivity index (χ4n) is 2.99. The minimum atomic E-state index is -0.229. The molecule has 0 fully saturated rings. The SMILES string of the molecule is CCCCCC(=O)OC1=C(c2ccccc2)C(=O)CC(C)(C)C1. The lowest BCUT2D eigenvalue weighted by atomic mass is 9.75. The van der Waals surface area contributed by atoms with Gasteiger partial charge in [0.25, 0.3) is 0 Å². The lowest BCUT2D eigenvalue weighted by molar-refractivity contribution is -0.140. The minimum absolute atomic E-state index is 0.0591. The van der Waals surface area contributed by atoms with E-state index in [4.69, 9.17) is 4.74 Å². The molecule has 0 unspecified atom stereocenters. The van der Waals surface area contributed by atoms with Gasteiger partial charge in [0.1, 0.15) is 5.76 Å². The first-order valence-corrected chi connectivity index (χ1v) is 8.45. The van der Waals surface area contributed by atoms with Crippen molar-refractivity contribution >= 4 is 17.3 Å². The zero-order valence-corrected chi connectivity index (χ0v) is 14.4. The largest absolute Gasteiger partial charge is 0.430 e. The summed E-state index contributed by atoms with van der Waals surface area (Å²) in [6.07, 6.45) is 4.42. The Balaban J connectivity index is 2.27. The lowest BCUT2D eigenvalue weighted by Crippen LogP contribution is -2.27. The van der Waals surface area contributed by atoms with E-state index in [0.717, 1.165) is 24.8 Å². The molecule has 1 aromatic rings. The van der Waals surface area contributed by atoms with Crippen molar-refractivity contribution in [1.82, 2.24) is 0 Å². The molecule has 3 nitrogen and oxygen atoms in total. The number of unbranched alkanes of at least 4 members (excludes halogenated alkanes) is 2. The summed E-state index contributed by atoms with van der Waals surface area (Å²) in [6.45, 7) is 6.18. The standard InChI is InChI=1S/C20H26O3/c1-4-5-7-12-18(22)23-17-14-20(2,3)13-16(21)19(17)15-10-8-6-9-11-15/h6,8-11H,4-5,7,12-14H2,1-3H3. The molecule has 0 saturated heterocycles. The maximum atomic E-state index is 12.6. The Morgan fingerprint density at radius 3 is 2.48 bits per heavy atom. The Labute approximate surface area is 138 Å². The van der Waals surface area contributed by atoms with Gasteiger partial charge in [0.2, 0.25) is 0 Å². The molecule has 0 spiro atoms. The first kappa shape index (κ1) is 17.5. The van der Waals surface area contributed by atoms with Crippen molar-refractivity contribution in [3.63, 3.8) is 0 Å². The van der Waals surface area contributed by atoms with E-state index in [1.54, 1.807) is 0 Å². The first-order valence-electron chi connectivity index (χ1n) is 8.45.